The van der Waals surface area contributed by atoms with Crippen LogP contribution in [-0.4, -0.2) is 98.8 Å². The maximum absolute atomic E-state index is 12.6. The van der Waals surface area contributed by atoms with Crippen molar-refractivity contribution in [1.29, 1.82) is 5.26 Å². The van der Waals surface area contributed by atoms with E-state index in [9.17, 15) is 19.6 Å². The van der Waals surface area contributed by atoms with Gasteiger partial charge in [0.2, 0.25) is 4.93 Å². The molecule has 15 heteroatoms. The Kier molecular flexibility index (Phi) is 14.1. The third-order valence-corrected chi connectivity index (χ3v) is 10.7. The summed E-state index contributed by atoms with van der Waals surface area (Å²) < 4.78 is 62.2. The van der Waals surface area contributed by atoms with Gasteiger partial charge >= 0.3 is 17.9 Å². The minimum absolute atomic E-state index is 0.0986. The second kappa shape index (κ2) is 19.2. The molecule has 56 heavy (non-hydrogen) atoms. The SMILES string of the molecule is CO[C@H]1O[C@H](COC(C)=O)[C@@H](O[C@@H]2O[C@H]3CS[C@](C#N)(c4ccccc4)O[C@@H]3[C@@H](OCc3ccccc3)[C@H]2OCc2ccccc2)[C@H](OC(C)=O)[C@H]1OC(C)=O. The van der Waals surface area contributed by atoms with Crippen molar-refractivity contribution in [2.75, 3.05) is 19.5 Å². The van der Waals surface area contributed by atoms with E-state index in [1.807, 2.05) is 91.0 Å². The van der Waals surface area contributed by atoms with Crippen molar-refractivity contribution >= 4 is 29.7 Å². The Morgan fingerprint density at radius 3 is 1.86 bits per heavy atom. The smallest absolute Gasteiger partial charge is 0.303 e. The number of ether oxygens (including phenoxy) is 10. The molecule has 11 atom stereocenters. The van der Waals surface area contributed by atoms with Gasteiger partial charge in [0.25, 0.3) is 0 Å². The first kappa shape index (κ1) is 41.3. The molecule has 3 heterocycles. The van der Waals surface area contributed by atoms with Crippen LogP contribution >= 0.6 is 11.8 Å². The topological polar surface area (TPSA) is 167 Å². The lowest BCUT2D eigenvalue weighted by atomic mass is 9.95. The zero-order valence-corrected chi connectivity index (χ0v) is 32.2. The second-order valence-corrected chi connectivity index (χ2v) is 14.6. The highest BCUT2D eigenvalue weighted by Gasteiger charge is 2.58. The number of thioether (sulfide) groups is 1. The number of carbonyl (C=O) groups is 3. The van der Waals surface area contributed by atoms with Crippen LogP contribution in [0.2, 0.25) is 0 Å². The summed E-state index contributed by atoms with van der Waals surface area (Å²) in [4.78, 5) is 35.6. The molecule has 6 rings (SSSR count). The minimum atomic E-state index is -1.39. The maximum atomic E-state index is 12.6. The molecule has 0 saturated carbocycles. The number of nitrogens with zero attached hydrogens (tertiary/aromatic N) is 1. The largest absolute Gasteiger partial charge is 0.463 e. The molecule has 0 bridgehead atoms. The van der Waals surface area contributed by atoms with Gasteiger partial charge in [-0.05, 0) is 11.1 Å². The Morgan fingerprint density at radius 1 is 0.732 bits per heavy atom. The fraction of sp³-hybridized carbons (Fsp3) is 0.463. The standard InChI is InChI=1S/C41H45NO13S/c1-25(43)47-22-31-33(36(50-26(2)44)38(51-27(3)45)39(46-4)52-31)54-40-37(49-21-29-16-10-6-11-17-29)35(48-20-28-14-8-5-9-15-28)34-32(53-40)23-56-41(24-42,55-34)30-18-12-7-13-19-30/h5-19,31-40H,20-23H2,1-4H3/t31-,32+,33-,34+,35-,36+,37-,38-,39+,40+,41-/m1/s1. The van der Waals surface area contributed by atoms with Gasteiger partial charge in [-0.25, -0.2) is 0 Å². The van der Waals surface area contributed by atoms with Crippen LogP contribution in [-0.2, 0) is 79.9 Å². The molecule has 3 aliphatic heterocycles. The van der Waals surface area contributed by atoms with Gasteiger partial charge in [-0.3, -0.25) is 14.4 Å². The van der Waals surface area contributed by atoms with Gasteiger partial charge in [0.15, 0.2) is 24.8 Å². The summed E-state index contributed by atoms with van der Waals surface area (Å²) in [5.41, 5.74) is 2.38. The Labute approximate surface area is 329 Å². The first-order chi connectivity index (χ1) is 27.1. The van der Waals surface area contributed by atoms with Crippen molar-refractivity contribution in [3.63, 3.8) is 0 Å². The number of hydrogen-bond donors (Lipinski definition) is 0. The van der Waals surface area contributed by atoms with Gasteiger partial charge in [-0.1, -0.05) is 91.0 Å². The molecule has 3 aliphatic rings. The minimum Gasteiger partial charge on any atom is -0.463 e. The molecule has 0 aliphatic carbocycles. The monoisotopic (exact) mass is 791 g/mol. The van der Waals surface area contributed by atoms with Crippen LogP contribution < -0.4 is 0 Å². The van der Waals surface area contributed by atoms with Gasteiger partial charge in [-0.2, -0.15) is 5.26 Å². The maximum Gasteiger partial charge on any atom is 0.303 e. The van der Waals surface area contributed by atoms with Crippen LogP contribution in [0.15, 0.2) is 91.0 Å². The van der Waals surface area contributed by atoms with Gasteiger partial charge in [-0.15, -0.1) is 11.8 Å². The molecule has 298 valence electrons. The summed E-state index contributed by atoms with van der Waals surface area (Å²) in [5, 5.41) is 10.6. The van der Waals surface area contributed by atoms with Gasteiger partial charge < -0.3 is 47.4 Å². The van der Waals surface area contributed by atoms with Crippen molar-refractivity contribution in [1.82, 2.24) is 0 Å². The van der Waals surface area contributed by atoms with Gasteiger partial charge in [0.05, 0.1) is 19.3 Å². The lowest BCUT2D eigenvalue weighted by Gasteiger charge is -2.52. The molecule has 0 aromatic heterocycles. The average molecular weight is 792 g/mol. The quantitative estimate of drug-likeness (QED) is 0.164. The van der Waals surface area contributed by atoms with Crippen molar-refractivity contribution < 1.29 is 61.8 Å². The highest BCUT2D eigenvalue weighted by Crippen LogP contribution is 2.48. The lowest BCUT2D eigenvalue weighted by Crippen LogP contribution is -2.67. The van der Waals surface area contributed by atoms with Crippen molar-refractivity contribution in [3.05, 3.63) is 108 Å². The molecule has 0 amide bonds. The first-order valence-electron chi connectivity index (χ1n) is 18.2. The van der Waals surface area contributed by atoms with E-state index in [2.05, 4.69) is 6.07 Å². The number of benzene rings is 3. The number of carbonyl (C=O) groups excluding carboxylic acids is 3. The van der Waals surface area contributed by atoms with Crippen molar-refractivity contribution in [3.8, 4) is 6.07 Å². The molecule has 14 nitrogen and oxygen atoms in total. The number of fused-ring (bicyclic) bond motifs is 1. The predicted molar refractivity (Wildman–Crippen MR) is 198 cm³/mol. The van der Waals surface area contributed by atoms with Crippen LogP contribution in [0.3, 0.4) is 0 Å². The molecule has 3 aromatic carbocycles. The number of nitriles is 1. The molecular weight excluding hydrogens is 747 g/mol. The zero-order valence-electron chi connectivity index (χ0n) is 31.4. The van der Waals surface area contributed by atoms with E-state index in [0.29, 0.717) is 5.56 Å². The average Bonchev–Trinajstić information content (AvgIpc) is 3.20. The van der Waals surface area contributed by atoms with E-state index >= 15 is 0 Å². The first-order valence-corrected chi connectivity index (χ1v) is 19.2. The van der Waals surface area contributed by atoms with E-state index in [1.54, 1.807) is 0 Å². The predicted octanol–water partition coefficient (Wildman–Crippen LogP) is 4.57. The van der Waals surface area contributed by atoms with Crippen molar-refractivity contribution in [2.24, 2.45) is 0 Å². The van der Waals surface area contributed by atoms with Gasteiger partial charge in [0, 0.05) is 39.2 Å². The van der Waals surface area contributed by atoms with E-state index in [1.165, 1.54) is 39.6 Å². The van der Waals surface area contributed by atoms with Crippen molar-refractivity contribution in [2.45, 2.75) is 100 Å². The van der Waals surface area contributed by atoms with Crippen LogP contribution in [0.1, 0.15) is 37.5 Å². The molecule has 3 fully saturated rings. The Bertz CT molecular complexity index is 1800. The Balaban J connectivity index is 1.41. The number of hydrogen-bond acceptors (Lipinski definition) is 15. The molecule has 0 N–H and O–H groups in total. The third kappa shape index (κ3) is 9.95. The lowest BCUT2D eigenvalue weighted by molar-refractivity contribution is -0.367. The van der Waals surface area contributed by atoms with Crippen LogP contribution in [0, 0.1) is 11.3 Å². The Hall–Kier alpha value is -4.37. The fourth-order valence-corrected chi connectivity index (χ4v) is 8.10. The fourth-order valence-electron chi connectivity index (χ4n) is 6.88. The summed E-state index contributed by atoms with van der Waals surface area (Å²) >= 11 is 1.27. The molecule has 0 unspecified atom stereocenters. The summed E-state index contributed by atoms with van der Waals surface area (Å²) in [5.74, 6) is -1.71. The third-order valence-electron chi connectivity index (χ3n) is 9.39. The molecule has 0 radical (unpaired) electrons. The highest BCUT2D eigenvalue weighted by molar-refractivity contribution is 8.00. The summed E-state index contributed by atoms with van der Waals surface area (Å²) in [6.07, 6.45) is -11.0. The zero-order chi connectivity index (χ0) is 39.7. The molecule has 0 spiro atoms. The van der Waals surface area contributed by atoms with Crippen LogP contribution in [0.5, 0.6) is 0 Å². The number of rotatable bonds is 14. The highest BCUT2D eigenvalue weighted by atomic mass is 32.2. The molecule has 3 aromatic rings. The van der Waals surface area contributed by atoms with Gasteiger partial charge in [0.1, 0.15) is 43.2 Å². The summed E-state index contributed by atoms with van der Waals surface area (Å²) in [6.45, 7) is 3.54. The number of esters is 3. The second-order valence-electron chi connectivity index (χ2n) is 13.4. The Morgan fingerprint density at radius 2 is 1.30 bits per heavy atom. The number of methoxy groups -OCH3 is 1. The molecule has 3 saturated heterocycles. The van der Waals surface area contributed by atoms with E-state index in [0.717, 1.165) is 11.1 Å². The van der Waals surface area contributed by atoms with Crippen LogP contribution in [0.4, 0.5) is 0 Å². The van der Waals surface area contributed by atoms with E-state index in [4.69, 9.17) is 47.4 Å². The van der Waals surface area contributed by atoms with Crippen LogP contribution in [0.25, 0.3) is 0 Å². The normalized spacial score (nSPS) is 31.3. The van der Waals surface area contributed by atoms with E-state index < -0.39 is 84.3 Å². The summed E-state index contributed by atoms with van der Waals surface area (Å²) in [6, 6.07) is 30.6. The van der Waals surface area contributed by atoms with E-state index in [-0.39, 0.29) is 25.6 Å². The summed E-state index contributed by atoms with van der Waals surface area (Å²) in [7, 11) is 1.33. The molecular formula is C41H45NO13S.